The van der Waals surface area contributed by atoms with Crippen molar-refractivity contribution in [1.82, 2.24) is 4.90 Å². The molecule has 2 aromatic rings. The van der Waals surface area contributed by atoms with Gasteiger partial charge in [-0.25, -0.2) is 4.79 Å². The number of nitrogens with zero attached hydrogens (tertiary/aromatic N) is 1. The summed E-state index contributed by atoms with van der Waals surface area (Å²) in [6.07, 6.45) is 1.69. The molecule has 126 valence electrons. The maximum absolute atomic E-state index is 12.3. The van der Waals surface area contributed by atoms with Gasteiger partial charge in [-0.15, -0.1) is 11.3 Å². The molecule has 6 heteroatoms. The fourth-order valence-electron chi connectivity index (χ4n) is 2.93. The molecular formula is C18H20N2O3S. The van der Waals surface area contributed by atoms with Crippen LogP contribution in [0.4, 0.5) is 5.00 Å². The van der Waals surface area contributed by atoms with E-state index in [9.17, 15) is 14.7 Å². The second-order valence-electron chi connectivity index (χ2n) is 5.89. The molecule has 0 spiro atoms. The Bertz CT molecular complexity index is 769. The van der Waals surface area contributed by atoms with Crippen LogP contribution in [-0.2, 0) is 24.2 Å². The molecule has 2 heterocycles. The van der Waals surface area contributed by atoms with Crippen LogP contribution in [0.15, 0.2) is 30.3 Å². The van der Waals surface area contributed by atoms with Gasteiger partial charge in [0.05, 0.1) is 12.1 Å². The molecule has 24 heavy (non-hydrogen) atoms. The molecule has 1 aromatic carbocycles. The second kappa shape index (κ2) is 7.15. The summed E-state index contributed by atoms with van der Waals surface area (Å²) in [7, 11) is 0. The molecule has 1 aromatic heterocycles. The predicted molar refractivity (Wildman–Crippen MR) is 94.7 cm³/mol. The van der Waals surface area contributed by atoms with Crippen molar-refractivity contribution < 1.29 is 14.7 Å². The molecule has 0 bridgehead atoms. The van der Waals surface area contributed by atoms with Crippen molar-refractivity contribution in [3.63, 3.8) is 0 Å². The zero-order valence-corrected chi connectivity index (χ0v) is 14.4. The zero-order valence-electron chi connectivity index (χ0n) is 13.5. The van der Waals surface area contributed by atoms with Crippen molar-refractivity contribution in [3.8, 4) is 0 Å². The Balaban J connectivity index is 1.65. The van der Waals surface area contributed by atoms with Crippen LogP contribution in [0, 0.1) is 0 Å². The smallest absolute Gasteiger partial charge is 0.338 e. The first-order chi connectivity index (χ1) is 11.6. The molecular weight excluding hydrogens is 324 g/mol. The van der Waals surface area contributed by atoms with E-state index < -0.39 is 5.97 Å². The molecule has 1 amide bonds. The summed E-state index contributed by atoms with van der Waals surface area (Å²) in [6, 6.07) is 9.91. The van der Waals surface area contributed by atoms with Crippen molar-refractivity contribution in [2.75, 3.05) is 18.4 Å². The maximum atomic E-state index is 12.3. The SMILES string of the molecule is CCc1cc(C(=O)O)c(NC(=O)CN2CCc3ccccc3C2)s1. The largest absolute Gasteiger partial charge is 0.478 e. The van der Waals surface area contributed by atoms with Crippen molar-refractivity contribution >= 4 is 28.2 Å². The van der Waals surface area contributed by atoms with Crippen LogP contribution >= 0.6 is 11.3 Å². The number of hydrogen-bond acceptors (Lipinski definition) is 4. The highest BCUT2D eigenvalue weighted by Crippen LogP contribution is 2.28. The van der Waals surface area contributed by atoms with Gasteiger partial charge >= 0.3 is 5.97 Å². The number of carbonyl (C=O) groups excluding carboxylic acids is 1. The number of carboxylic acid groups (broad SMARTS) is 1. The summed E-state index contributed by atoms with van der Waals surface area (Å²) in [5, 5.41) is 12.5. The van der Waals surface area contributed by atoms with Crippen LogP contribution in [0.2, 0.25) is 0 Å². The van der Waals surface area contributed by atoms with Crippen LogP contribution in [0.1, 0.15) is 33.3 Å². The summed E-state index contributed by atoms with van der Waals surface area (Å²) in [6.45, 7) is 3.82. The first-order valence-electron chi connectivity index (χ1n) is 8.01. The standard InChI is InChI=1S/C18H20N2O3S/c1-2-14-9-15(18(22)23)17(24-14)19-16(21)11-20-8-7-12-5-3-4-6-13(12)10-20/h3-6,9H,2,7-8,10-11H2,1H3,(H,19,21)(H,22,23). The van der Waals surface area contributed by atoms with Gasteiger partial charge in [0.1, 0.15) is 5.00 Å². The summed E-state index contributed by atoms with van der Waals surface area (Å²) in [5.41, 5.74) is 2.77. The van der Waals surface area contributed by atoms with Crippen LogP contribution in [0.3, 0.4) is 0 Å². The number of rotatable bonds is 5. The van der Waals surface area contributed by atoms with Gasteiger partial charge in [-0.2, -0.15) is 0 Å². The van der Waals surface area contributed by atoms with E-state index in [1.165, 1.54) is 22.5 Å². The topological polar surface area (TPSA) is 69.6 Å². The molecule has 0 radical (unpaired) electrons. The van der Waals surface area contributed by atoms with E-state index in [1.807, 2.05) is 19.1 Å². The lowest BCUT2D eigenvalue weighted by Crippen LogP contribution is -2.37. The Morgan fingerprint density at radius 2 is 2.04 bits per heavy atom. The van der Waals surface area contributed by atoms with Gasteiger partial charge in [0.25, 0.3) is 0 Å². The minimum atomic E-state index is -1.01. The average molecular weight is 344 g/mol. The molecule has 1 aliphatic heterocycles. The summed E-state index contributed by atoms with van der Waals surface area (Å²) in [5.74, 6) is -1.17. The van der Waals surface area contributed by atoms with Crippen LogP contribution in [0.5, 0.6) is 0 Å². The minimum Gasteiger partial charge on any atom is -0.478 e. The normalized spacial score (nSPS) is 14.2. The molecule has 5 nitrogen and oxygen atoms in total. The molecule has 0 aliphatic carbocycles. The van der Waals surface area contributed by atoms with Gasteiger partial charge in [-0.1, -0.05) is 31.2 Å². The molecule has 0 unspecified atom stereocenters. The third-order valence-corrected chi connectivity index (χ3v) is 5.39. The highest BCUT2D eigenvalue weighted by molar-refractivity contribution is 7.16. The van der Waals surface area contributed by atoms with Gasteiger partial charge in [0.15, 0.2) is 0 Å². The van der Waals surface area contributed by atoms with E-state index in [1.54, 1.807) is 6.07 Å². The Morgan fingerprint density at radius 3 is 2.75 bits per heavy atom. The summed E-state index contributed by atoms with van der Waals surface area (Å²) in [4.78, 5) is 26.7. The van der Waals surface area contributed by atoms with E-state index in [-0.39, 0.29) is 18.0 Å². The number of hydrogen-bond donors (Lipinski definition) is 2. The molecule has 0 saturated heterocycles. The van der Waals surface area contributed by atoms with E-state index in [4.69, 9.17) is 0 Å². The highest BCUT2D eigenvalue weighted by atomic mass is 32.1. The first-order valence-corrected chi connectivity index (χ1v) is 8.83. The Morgan fingerprint density at radius 1 is 1.29 bits per heavy atom. The third kappa shape index (κ3) is 3.66. The Hall–Kier alpha value is -2.18. The lowest BCUT2D eigenvalue weighted by Gasteiger charge is -2.28. The number of nitrogens with one attached hydrogen (secondary N) is 1. The lowest BCUT2D eigenvalue weighted by molar-refractivity contribution is -0.117. The molecule has 0 saturated carbocycles. The lowest BCUT2D eigenvalue weighted by atomic mass is 10.00. The van der Waals surface area contributed by atoms with Gasteiger partial charge in [0.2, 0.25) is 5.91 Å². The van der Waals surface area contributed by atoms with E-state index in [0.29, 0.717) is 5.00 Å². The minimum absolute atomic E-state index is 0.165. The molecule has 3 rings (SSSR count). The molecule has 0 fully saturated rings. The quantitative estimate of drug-likeness (QED) is 0.875. The monoisotopic (exact) mass is 344 g/mol. The average Bonchev–Trinajstić information content (AvgIpc) is 2.98. The van der Waals surface area contributed by atoms with Crippen LogP contribution in [0.25, 0.3) is 0 Å². The second-order valence-corrected chi connectivity index (χ2v) is 7.03. The Kier molecular flexibility index (Phi) is 4.97. The number of amides is 1. The Labute approximate surface area is 144 Å². The van der Waals surface area contributed by atoms with Gasteiger partial charge in [0, 0.05) is 18.0 Å². The molecule has 2 N–H and O–H groups in total. The van der Waals surface area contributed by atoms with Crippen molar-refractivity contribution in [3.05, 3.63) is 51.9 Å². The van der Waals surface area contributed by atoms with Crippen molar-refractivity contribution in [2.45, 2.75) is 26.3 Å². The number of carboxylic acids is 1. The fourth-order valence-corrected chi connectivity index (χ4v) is 3.93. The third-order valence-electron chi connectivity index (χ3n) is 4.19. The van der Waals surface area contributed by atoms with Crippen LogP contribution in [-0.4, -0.2) is 35.0 Å². The predicted octanol–water partition coefficient (Wildman–Crippen LogP) is 3.01. The number of carbonyl (C=O) groups is 2. The summed E-state index contributed by atoms with van der Waals surface area (Å²) >= 11 is 1.34. The number of aromatic carboxylic acids is 1. The first kappa shape index (κ1) is 16.7. The van der Waals surface area contributed by atoms with Gasteiger partial charge in [-0.05, 0) is 30.0 Å². The fraction of sp³-hybridized carbons (Fsp3) is 0.333. The number of aryl methyl sites for hydroxylation is 1. The van der Waals surface area contributed by atoms with E-state index in [0.717, 1.165) is 30.8 Å². The molecule has 0 atom stereocenters. The van der Waals surface area contributed by atoms with E-state index in [2.05, 4.69) is 22.3 Å². The zero-order chi connectivity index (χ0) is 17.1. The van der Waals surface area contributed by atoms with Gasteiger partial charge < -0.3 is 10.4 Å². The van der Waals surface area contributed by atoms with Crippen molar-refractivity contribution in [2.24, 2.45) is 0 Å². The summed E-state index contributed by atoms with van der Waals surface area (Å²) < 4.78 is 0. The van der Waals surface area contributed by atoms with E-state index >= 15 is 0 Å². The highest BCUT2D eigenvalue weighted by Gasteiger charge is 2.20. The number of fused-ring (bicyclic) bond motifs is 1. The molecule has 1 aliphatic rings. The number of benzene rings is 1. The van der Waals surface area contributed by atoms with Crippen LogP contribution < -0.4 is 5.32 Å². The van der Waals surface area contributed by atoms with Gasteiger partial charge in [-0.3, -0.25) is 9.69 Å². The number of anilines is 1. The maximum Gasteiger partial charge on any atom is 0.338 e. The number of thiophene rings is 1. The van der Waals surface area contributed by atoms with Crippen molar-refractivity contribution in [1.29, 1.82) is 0 Å².